The van der Waals surface area contributed by atoms with E-state index in [1.165, 1.54) is 12.8 Å². The van der Waals surface area contributed by atoms with Crippen LogP contribution >= 0.6 is 0 Å². The first kappa shape index (κ1) is 10.5. The van der Waals surface area contributed by atoms with Crippen LogP contribution in [-0.4, -0.2) is 25.2 Å². The van der Waals surface area contributed by atoms with Gasteiger partial charge in [-0.25, -0.2) is 0 Å². The van der Waals surface area contributed by atoms with Gasteiger partial charge in [-0.3, -0.25) is 4.79 Å². The SMILES string of the molecule is CCOCC(=O)NC(C)CC1CC1. The number of rotatable bonds is 6. The summed E-state index contributed by atoms with van der Waals surface area (Å²) in [6.07, 6.45) is 3.80. The highest BCUT2D eigenvalue weighted by Gasteiger charge is 2.23. The van der Waals surface area contributed by atoms with Crippen molar-refractivity contribution in [1.29, 1.82) is 0 Å². The molecule has 1 aliphatic rings. The lowest BCUT2D eigenvalue weighted by Gasteiger charge is -2.12. The van der Waals surface area contributed by atoms with E-state index < -0.39 is 0 Å². The van der Waals surface area contributed by atoms with E-state index in [4.69, 9.17) is 4.74 Å². The minimum absolute atomic E-state index is 0.00926. The van der Waals surface area contributed by atoms with Gasteiger partial charge in [-0.15, -0.1) is 0 Å². The first-order valence-corrected chi connectivity index (χ1v) is 5.09. The van der Waals surface area contributed by atoms with E-state index in [1.807, 2.05) is 6.92 Å². The Morgan fingerprint density at radius 1 is 1.62 bits per heavy atom. The van der Waals surface area contributed by atoms with Crippen LogP contribution in [-0.2, 0) is 9.53 Å². The molecule has 76 valence electrons. The molecule has 1 N–H and O–H groups in total. The molecule has 0 saturated heterocycles. The number of amides is 1. The Morgan fingerprint density at radius 2 is 2.31 bits per heavy atom. The zero-order valence-corrected chi connectivity index (χ0v) is 8.51. The Kier molecular flexibility index (Phi) is 4.22. The number of ether oxygens (including phenoxy) is 1. The molecule has 0 aromatic heterocycles. The van der Waals surface area contributed by atoms with E-state index in [0.717, 1.165) is 12.3 Å². The summed E-state index contributed by atoms with van der Waals surface area (Å²) < 4.78 is 5.00. The second kappa shape index (κ2) is 5.22. The Balaban J connectivity index is 2.03. The summed E-state index contributed by atoms with van der Waals surface area (Å²) in [5.41, 5.74) is 0. The first-order valence-electron chi connectivity index (χ1n) is 5.09. The van der Waals surface area contributed by atoms with E-state index in [9.17, 15) is 4.79 Å². The maximum atomic E-state index is 11.2. The van der Waals surface area contributed by atoms with Crippen molar-refractivity contribution < 1.29 is 9.53 Å². The summed E-state index contributed by atoms with van der Waals surface area (Å²) >= 11 is 0. The third-order valence-corrected chi connectivity index (χ3v) is 2.23. The molecule has 0 aromatic rings. The van der Waals surface area contributed by atoms with Crippen LogP contribution in [0.1, 0.15) is 33.1 Å². The quantitative estimate of drug-likeness (QED) is 0.678. The molecule has 0 bridgehead atoms. The number of carbonyl (C=O) groups is 1. The number of hydrogen-bond acceptors (Lipinski definition) is 2. The topological polar surface area (TPSA) is 38.3 Å². The van der Waals surface area contributed by atoms with Crippen LogP contribution in [0.15, 0.2) is 0 Å². The van der Waals surface area contributed by atoms with Crippen LogP contribution in [0, 0.1) is 5.92 Å². The van der Waals surface area contributed by atoms with Gasteiger partial charge in [0.2, 0.25) is 5.91 Å². The molecule has 0 heterocycles. The summed E-state index contributed by atoms with van der Waals surface area (Å²) in [6.45, 7) is 4.75. The molecule has 1 saturated carbocycles. The van der Waals surface area contributed by atoms with Gasteiger partial charge >= 0.3 is 0 Å². The normalized spacial score (nSPS) is 18.3. The molecule has 1 unspecified atom stereocenters. The van der Waals surface area contributed by atoms with Crippen molar-refractivity contribution in [3.63, 3.8) is 0 Å². The van der Waals surface area contributed by atoms with E-state index in [-0.39, 0.29) is 12.5 Å². The Labute approximate surface area is 79.8 Å². The molecule has 1 fully saturated rings. The molecule has 1 rings (SSSR count). The largest absolute Gasteiger partial charge is 0.372 e. The molecular formula is C10H19NO2. The maximum Gasteiger partial charge on any atom is 0.246 e. The van der Waals surface area contributed by atoms with Crippen molar-refractivity contribution in [1.82, 2.24) is 5.32 Å². The summed E-state index contributed by atoms with van der Waals surface area (Å²) in [5.74, 6) is 0.873. The van der Waals surface area contributed by atoms with Gasteiger partial charge < -0.3 is 10.1 Å². The average molecular weight is 185 g/mol. The highest BCUT2D eigenvalue weighted by molar-refractivity contribution is 5.77. The van der Waals surface area contributed by atoms with Crippen LogP contribution < -0.4 is 5.32 Å². The Hall–Kier alpha value is -0.570. The van der Waals surface area contributed by atoms with E-state index in [1.54, 1.807) is 0 Å². The van der Waals surface area contributed by atoms with Crippen molar-refractivity contribution in [2.24, 2.45) is 5.92 Å². The van der Waals surface area contributed by atoms with Gasteiger partial charge in [0.05, 0.1) is 0 Å². The molecule has 3 nitrogen and oxygen atoms in total. The third kappa shape index (κ3) is 4.88. The lowest BCUT2D eigenvalue weighted by atomic mass is 10.1. The fraction of sp³-hybridized carbons (Fsp3) is 0.900. The van der Waals surface area contributed by atoms with Crippen LogP contribution in [0.3, 0.4) is 0 Å². The van der Waals surface area contributed by atoms with Crippen molar-refractivity contribution >= 4 is 5.91 Å². The molecule has 0 radical (unpaired) electrons. The van der Waals surface area contributed by atoms with Crippen molar-refractivity contribution in [3.8, 4) is 0 Å². The second-order valence-electron chi connectivity index (χ2n) is 3.78. The smallest absolute Gasteiger partial charge is 0.246 e. The van der Waals surface area contributed by atoms with E-state index in [2.05, 4.69) is 12.2 Å². The molecule has 0 aliphatic heterocycles. The zero-order chi connectivity index (χ0) is 9.68. The van der Waals surface area contributed by atoms with Crippen molar-refractivity contribution in [2.75, 3.05) is 13.2 Å². The fourth-order valence-corrected chi connectivity index (χ4v) is 1.42. The van der Waals surface area contributed by atoms with Gasteiger partial charge in [0.15, 0.2) is 0 Å². The number of carbonyl (C=O) groups excluding carboxylic acids is 1. The summed E-state index contributed by atoms with van der Waals surface area (Å²) in [6, 6.07) is 0.306. The number of nitrogens with one attached hydrogen (secondary N) is 1. The molecular weight excluding hydrogens is 166 g/mol. The van der Waals surface area contributed by atoms with Crippen LogP contribution in [0.4, 0.5) is 0 Å². The lowest BCUT2D eigenvalue weighted by Crippen LogP contribution is -2.35. The summed E-state index contributed by atoms with van der Waals surface area (Å²) in [5, 5.41) is 2.92. The molecule has 1 atom stereocenters. The van der Waals surface area contributed by atoms with Gasteiger partial charge in [-0.2, -0.15) is 0 Å². The standard InChI is InChI=1S/C10H19NO2/c1-3-13-7-10(12)11-8(2)6-9-4-5-9/h8-9H,3-7H2,1-2H3,(H,11,12). The third-order valence-electron chi connectivity index (χ3n) is 2.23. The molecule has 0 spiro atoms. The van der Waals surface area contributed by atoms with Crippen molar-refractivity contribution in [3.05, 3.63) is 0 Å². The molecule has 1 aliphatic carbocycles. The highest BCUT2D eigenvalue weighted by Crippen LogP contribution is 2.33. The van der Waals surface area contributed by atoms with Gasteiger partial charge in [-0.1, -0.05) is 12.8 Å². The Morgan fingerprint density at radius 3 is 2.85 bits per heavy atom. The van der Waals surface area contributed by atoms with Crippen LogP contribution in [0.2, 0.25) is 0 Å². The summed E-state index contributed by atoms with van der Waals surface area (Å²) in [4.78, 5) is 11.2. The highest BCUT2D eigenvalue weighted by atomic mass is 16.5. The van der Waals surface area contributed by atoms with Gasteiger partial charge in [-0.05, 0) is 26.2 Å². The Bertz CT molecular complexity index is 166. The van der Waals surface area contributed by atoms with Gasteiger partial charge in [0.1, 0.15) is 6.61 Å². The van der Waals surface area contributed by atoms with Crippen LogP contribution in [0.5, 0.6) is 0 Å². The second-order valence-corrected chi connectivity index (χ2v) is 3.78. The van der Waals surface area contributed by atoms with Crippen molar-refractivity contribution in [2.45, 2.75) is 39.2 Å². The van der Waals surface area contributed by atoms with E-state index >= 15 is 0 Å². The fourth-order valence-electron chi connectivity index (χ4n) is 1.42. The minimum Gasteiger partial charge on any atom is -0.372 e. The molecule has 13 heavy (non-hydrogen) atoms. The van der Waals surface area contributed by atoms with Gasteiger partial charge in [0.25, 0.3) is 0 Å². The van der Waals surface area contributed by atoms with Crippen LogP contribution in [0.25, 0.3) is 0 Å². The lowest BCUT2D eigenvalue weighted by molar-refractivity contribution is -0.126. The predicted molar refractivity (Wildman–Crippen MR) is 51.4 cm³/mol. The summed E-state index contributed by atoms with van der Waals surface area (Å²) in [7, 11) is 0. The minimum atomic E-state index is 0.00926. The van der Waals surface area contributed by atoms with E-state index in [0.29, 0.717) is 12.6 Å². The molecule has 0 aromatic carbocycles. The van der Waals surface area contributed by atoms with Gasteiger partial charge in [0, 0.05) is 12.6 Å². The molecule has 3 heteroatoms. The zero-order valence-electron chi connectivity index (χ0n) is 8.51. The molecule has 1 amide bonds. The predicted octanol–water partition coefficient (Wildman–Crippen LogP) is 1.33. The maximum absolute atomic E-state index is 11.2. The number of hydrogen-bond donors (Lipinski definition) is 1. The monoisotopic (exact) mass is 185 g/mol. The first-order chi connectivity index (χ1) is 6.22. The average Bonchev–Trinajstić information content (AvgIpc) is 2.84.